The van der Waals surface area contributed by atoms with Gasteiger partial charge in [0, 0.05) is 16.3 Å². The third-order valence-electron chi connectivity index (χ3n) is 3.35. The van der Waals surface area contributed by atoms with E-state index in [0.29, 0.717) is 16.3 Å². The predicted molar refractivity (Wildman–Crippen MR) is 101 cm³/mol. The van der Waals surface area contributed by atoms with Crippen LogP contribution in [0.25, 0.3) is 0 Å². The minimum Gasteiger partial charge on any atom is -0.480 e. The Bertz CT molecular complexity index is 855. The number of carbonyl (C=O) groups is 3. The first-order valence-electron chi connectivity index (χ1n) is 7.74. The van der Waals surface area contributed by atoms with Crippen LogP contribution >= 0.6 is 23.2 Å². The summed E-state index contributed by atoms with van der Waals surface area (Å²) in [4.78, 5) is 34.9. The van der Waals surface area contributed by atoms with Gasteiger partial charge in [-0.2, -0.15) is 0 Å². The number of ether oxygens (including phenoxy) is 2. The maximum atomic E-state index is 12.1. The van der Waals surface area contributed by atoms with Gasteiger partial charge in [0.15, 0.2) is 12.7 Å². The molecule has 0 aromatic heterocycles. The summed E-state index contributed by atoms with van der Waals surface area (Å²) in [5.74, 6) is -1.59. The van der Waals surface area contributed by atoms with Crippen LogP contribution in [0.3, 0.4) is 0 Å². The Hall–Kier alpha value is -2.77. The van der Waals surface area contributed by atoms with E-state index in [9.17, 15) is 14.4 Å². The second kappa shape index (κ2) is 9.25. The third-order valence-corrected chi connectivity index (χ3v) is 3.88. The first kappa shape index (κ1) is 20.5. The molecule has 2 aromatic carbocycles. The number of nitrogens with one attached hydrogen (secondary N) is 1. The number of amides is 2. The summed E-state index contributed by atoms with van der Waals surface area (Å²) >= 11 is 11.7. The molecule has 0 radical (unpaired) electrons. The Kier molecular flexibility index (Phi) is 7.04. The Balaban J connectivity index is 1.84. The molecule has 0 fully saturated rings. The largest absolute Gasteiger partial charge is 0.480 e. The molecule has 2 aromatic rings. The van der Waals surface area contributed by atoms with Gasteiger partial charge in [0.25, 0.3) is 5.91 Å². The average Bonchev–Trinajstić information content (AvgIpc) is 2.61. The molecule has 0 aliphatic heterocycles. The lowest BCUT2D eigenvalue weighted by Crippen LogP contribution is -2.31. The van der Waals surface area contributed by atoms with E-state index in [2.05, 4.69) is 5.32 Å². The number of carbonyl (C=O) groups excluding carboxylic acids is 3. The standard InChI is InChI=1S/C18H16Cl2N2O5/c1-10(18(25)22-13-5-2-11(3-6-13)17(21)24)27-16(23)9-26-15-7-4-12(19)8-14(15)20/h2-8,10H,9H2,1H3,(H2,21,24)(H,22,25)/t10-/m1/s1. The molecule has 9 heteroatoms. The number of nitrogens with two attached hydrogens (primary N) is 1. The summed E-state index contributed by atoms with van der Waals surface area (Å²) in [6, 6.07) is 10.5. The van der Waals surface area contributed by atoms with Crippen LogP contribution in [0, 0.1) is 0 Å². The summed E-state index contributed by atoms with van der Waals surface area (Å²) in [6.07, 6.45) is -1.06. The van der Waals surface area contributed by atoms with Crippen molar-refractivity contribution in [2.75, 3.05) is 11.9 Å². The molecule has 7 nitrogen and oxygen atoms in total. The van der Waals surface area contributed by atoms with Gasteiger partial charge < -0.3 is 20.5 Å². The molecule has 0 aliphatic rings. The molecule has 2 rings (SSSR count). The Labute approximate surface area is 165 Å². The zero-order valence-electron chi connectivity index (χ0n) is 14.2. The van der Waals surface area contributed by atoms with Crippen LogP contribution in [-0.4, -0.2) is 30.5 Å². The molecular formula is C18H16Cl2N2O5. The molecule has 0 spiro atoms. The monoisotopic (exact) mass is 410 g/mol. The molecule has 1 atom stereocenters. The molecule has 27 heavy (non-hydrogen) atoms. The van der Waals surface area contributed by atoms with Crippen molar-refractivity contribution in [2.24, 2.45) is 5.73 Å². The van der Waals surface area contributed by atoms with E-state index in [1.807, 2.05) is 0 Å². The smallest absolute Gasteiger partial charge is 0.344 e. The number of halogens is 2. The minimum atomic E-state index is -1.06. The molecule has 142 valence electrons. The van der Waals surface area contributed by atoms with E-state index >= 15 is 0 Å². The van der Waals surface area contributed by atoms with E-state index < -0.39 is 30.5 Å². The SMILES string of the molecule is C[C@@H](OC(=O)COc1ccc(Cl)cc1Cl)C(=O)Nc1ccc(C(N)=O)cc1. The molecule has 2 amide bonds. The van der Waals surface area contributed by atoms with Crippen LogP contribution in [-0.2, 0) is 14.3 Å². The van der Waals surface area contributed by atoms with Gasteiger partial charge >= 0.3 is 5.97 Å². The quantitative estimate of drug-likeness (QED) is 0.681. The summed E-state index contributed by atoms with van der Waals surface area (Å²) in [7, 11) is 0. The molecule has 3 N–H and O–H groups in total. The molecule has 0 heterocycles. The number of rotatable bonds is 7. The van der Waals surface area contributed by atoms with Crippen LogP contribution in [0.4, 0.5) is 5.69 Å². The Morgan fingerprint density at radius 3 is 2.37 bits per heavy atom. The van der Waals surface area contributed by atoms with E-state index in [1.54, 1.807) is 6.07 Å². The van der Waals surface area contributed by atoms with Crippen molar-refractivity contribution in [3.8, 4) is 5.75 Å². The molecule has 0 saturated heterocycles. The molecule has 0 aliphatic carbocycles. The van der Waals surface area contributed by atoms with Crippen LogP contribution in [0.1, 0.15) is 17.3 Å². The van der Waals surface area contributed by atoms with Crippen molar-refractivity contribution >= 4 is 46.7 Å². The van der Waals surface area contributed by atoms with Gasteiger partial charge in [-0.05, 0) is 49.4 Å². The lowest BCUT2D eigenvalue weighted by atomic mass is 10.2. The number of hydrogen-bond donors (Lipinski definition) is 2. The van der Waals surface area contributed by atoms with E-state index in [4.69, 9.17) is 38.4 Å². The van der Waals surface area contributed by atoms with Crippen molar-refractivity contribution in [1.82, 2.24) is 0 Å². The second-order valence-corrected chi connectivity index (χ2v) is 6.27. The highest BCUT2D eigenvalue weighted by Crippen LogP contribution is 2.27. The number of anilines is 1. The maximum absolute atomic E-state index is 12.1. The highest BCUT2D eigenvalue weighted by molar-refractivity contribution is 6.35. The molecule has 0 bridgehead atoms. The van der Waals surface area contributed by atoms with Gasteiger partial charge in [0.2, 0.25) is 5.91 Å². The lowest BCUT2D eigenvalue weighted by Gasteiger charge is -2.14. The lowest BCUT2D eigenvalue weighted by molar-refractivity contribution is -0.155. The van der Waals surface area contributed by atoms with Gasteiger partial charge in [-0.1, -0.05) is 23.2 Å². The Morgan fingerprint density at radius 1 is 1.11 bits per heavy atom. The van der Waals surface area contributed by atoms with Gasteiger partial charge in [0.05, 0.1) is 5.02 Å². The Morgan fingerprint density at radius 2 is 1.78 bits per heavy atom. The van der Waals surface area contributed by atoms with Crippen LogP contribution < -0.4 is 15.8 Å². The molecule has 0 saturated carbocycles. The highest BCUT2D eigenvalue weighted by atomic mass is 35.5. The third kappa shape index (κ3) is 6.16. The average molecular weight is 411 g/mol. The summed E-state index contributed by atoms with van der Waals surface area (Å²) in [5.41, 5.74) is 5.88. The van der Waals surface area contributed by atoms with Crippen LogP contribution in [0.5, 0.6) is 5.75 Å². The zero-order chi connectivity index (χ0) is 20.0. The number of benzene rings is 2. The van der Waals surface area contributed by atoms with E-state index in [1.165, 1.54) is 43.3 Å². The fourth-order valence-electron chi connectivity index (χ4n) is 1.98. The number of esters is 1. The molecule has 0 unspecified atom stereocenters. The summed E-state index contributed by atoms with van der Waals surface area (Å²) in [6.45, 7) is 0.993. The van der Waals surface area contributed by atoms with Gasteiger partial charge in [-0.15, -0.1) is 0 Å². The fourth-order valence-corrected chi connectivity index (χ4v) is 2.44. The fraction of sp³-hybridized carbons (Fsp3) is 0.167. The van der Waals surface area contributed by atoms with Gasteiger partial charge in [-0.25, -0.2) is 4.79 Å². The van der Waals surface area contributed by atoms with Crippen molar-refractivity contribution in [3.05, 3.63) is 58.1 Å². The maximum Gasteiger partial charge on any atom is 0.344 e. The predicted octanol–water partition coefficient (Wildman–Crippen LogP) is 3.04. The van der Waals surface area contributed by atoms with Gasteiger partial charge in [-0.3, -0.25) is 9.59 Å². The highest BCUT2D eigenvalue weighted by Gasteiger charge is 2.19. The second-order valence-electron chi connectivity index (χ2n) is 5.43. The van der Waals surface area contributed by atoms with Gasteiger partial charge in [0.1, 0.15) is 5.75 Å². The normalized spacial score (nSPS) is 11.4. The van der Waals surface area contributed by atoms with Crippen molar-refractivity contribution in [1.29, 1.82) is 0 Å². The van der Waals surface area contributed by atoms with E-state index in [0.717, 1.165) is 0 Å². The van der Waals surface area contributed by atoms with Crippen LogP contribution in [0.2, 0.25) is 10.0 Å². The van der Waals surface area contributed by atoms with Crippen LogP contribution in [0.15, 0.2) is 42.5 Å². The number of primary amides is 1. The van der Waals surface area contributed by atoms with E-state index in [-0.39, 0.29) is 10.8 Å². The summed E-state index contributed by atoms with van der Waals surface area (Å²) < 4.78 is 10.3. The topological polar surface area (TPSA) is 108 Å². The number of hydrogen-bond acceptors (Lipinski definition) is 5. The zero-order valence-corrected chi connectivity index (χ0v) is 15.7. The minimum absolute atomic E-state index is 0.250. The van der Waals surface area contributed by atoms with Crippen molar-refractivity contribution < 1.29 is 23.9 Å². The summed E-state index contributed by atoms with van der Waals surface area (Å²) in [5, 5.41) is 3.24. The van der Waals surface area contributed by atoms with Crippen molar-refractivity contribution in [2.45, 2.75) is 13.0 Å². The first-order chi connectivity index (χ1) is 12.8. The molecular weight excluding hydrogens is 395 g/mol. The first-order valence-corrected chi connectivity index (χ1v) is 8.50. The van der Waals surface area contributed by atoms with Crippen molar-refractivity contribution in [3.63, 3.8) is 0 Å².